The molecule has 0 amide bonds. The molecule has 3 rings (SSSR count). The maximum atomic E-state index is 11.6. The van der Waals surface area contributed by atoms with Crippen LogP contribution in [0.2, 0.25) is 10.0 Å². The number of rotatable bonds is 3. The predicted octanol–water partition coefficient (Wildman–Crippen LogP) is 3.68. The molecule has 3 unspecified atom stereocenters. The second-order valence-corrected chi connectivity index (χ2v) is 6.63. The molecule has 1 aliphatic carbocycles. The number of hydrogen-bond acceptors (Lipinski definition) is 2. The van der Waals surface area contributed by atoms with Gasteiger partial charge in [-0.15, -0.1) is 0 Å². The van der Waals surface area contributed by atoms with Crippen molar-refractivity contribution in [2.75, 3.05) is 6.54 Å². The largest absolute Gasteiger partial charge is 0.480 e. The van der Waals surface area contributed by atoms with Crippen molar-refractivity contribution in [1.29, 1.82) is 0 Å². The molecule has 1 aliphatic heterocycles. The van der Waals surface area contributed by atoms with Gasteiger partial charge in [-0.05, 0) is 42.4 Å². The summed E-state index contributed by atoms with van der Waals surface area (Å²) in [6, 6.07) is 5.17. The summed E-state index contributed by atoms with van der Waals surface area (Å²) in [7, 11) is 0. The lowest BCUT2D eigenvalue weighted by Crippen LogP contribution is -2.39. The third kappa shape index (κ3) is 2.54. The molecule has 3 atom stereocenters. The van der Waals surface area contributed by atoms with Gasteiger partial charge in [0.1, 0.15) is 6.04 Å². The number of aliphatic carboxylic acids is 1. The van der Waals surface area contributed by atoms with Crippen LogP contribution in [0.15, 0.2) is 18.2 Å². The Labute approximate surface area is 128 Å². The highest BCUT2D eigenvalue weighted by Gasteiger charge is 2.47. The van der Waals surface area contributed by atoms with Gasteiger partial charge in [0.2, 0.25) is 0 Å². The SMILES string of the molecule is O=C(O)C1C2CCCC2CN1Cc1ccc(Cl)c(Cl)c1. The zero-order chi connectivity index (χ0) is 14.3. The number of likely N-dealkylation sites (tertiary alicyclic amines) is 1. The van der Waals surface area contributed by atoms with Gasteiger partial charge in [-0.1, -0.05) is 35.7 Å². The summed E-state index contributed by atoms with van der Waals surface area (Å²) in [5, 5.41) is 10.6. The average molecular weight is 314 g/mol. The maximum absolute atomic E-state index is 11.6. The van der Waals surface area contributed by atoms with Gasteiger partial charge in [0.05, 0.1) is 10.0 Å². The quantitative estimate of drug-likeness (QED) is 0.925. The number of halogens is 2. The van der Waals surface area contributed by atoms with E-state index >= 15 is 0 Å². The Hall–Kier alpha value is -0.770. The van der Waals surface area contributed by atoms with Gasteiger partial charge < -0.3 is 5.11 Å². The molecule has 0 bridgehead atoms. The minimum atomic E-state index is -0.695. The summed E-state index contributed by atoms with van der Waals surface area (Å²) in [4.78, 5) is 13.7. The molecule has 0 aromatic heterocycles. The molecule has 1 saturated heterocycles. The lowest BCUT2D eigenvalue weighted by atomic mass is 9.94. The van der Waals surface area contributed by atoms with Crippen molar-refractivity contribution in [2.45, 2.75) is 31.8 Å². The fourth-order valence-corrected chi connectivity index (χ4v) is 4.09. The molecule has 1 saturated carbocycles. The minimum Gasteiger partial charge on any atom is -0.480 e. The molecule has 108 valence electrons. The number of fused-ring (bicyclic) bond motifs is 1. The Kier molecular flexibility index (Phi) is 3.93. The summed E-state index contributed by atoms with van der Waals surface area (Å²) in [5.41, 5.74) is 1.02. The summed E-state index contributed by atoms with van der Waals surface area (Å²) >= 11 is 11.9. The molecular formula is C15H17Cl2NO2. The van der Waals surface area contributed by atoms with E-state index in [1.54, 1.807) is 6.07 Å². The summed E-state index contributed by atoms with van der Waals surface area (Å²) < 4.78 is 0. The van der Waals surface area contributed by atoms with Crippen molar-refractivity contribution in [1.82, 2.24) is 4.90 Å². The van der Waals surface area contributed by atoms with E-state index in [9.17, 15) is 9.90 Å². The first-order chi connectivity index (χ1) is 9.56. The summed E-state index contributed by atoms with van der Waals surface area (Å²) in [6.45, 7) is 1.50. The minimum absolute atomic E-state index is 0.315. The van der Waals surface area contributed by atoms with Crippen molar-refractivity contribution < 1.29 is 9.90 Å². The third-order valence-corrected chi connectivity index (χ3v) is 5.35. The molecule has 20 heavy (non-hydrogen) atoms. The van der Waals surface area contributed by atoms with Crippen LogP contribution in [-0.2, 0) is 11.3 Å². The van der Waals surface area contributed by atoms with Gasteiger partial charge in [0.15, 0.2) is 0 Å². The first-order valence-corrected chi connectivity index (χ1v) is 7.72. The van der Waals surface area contributed by atoms with Crippen molar-refractivity contribution in [3.8, 4) is 0 Å². The molecular weight excluding hydrogens is 297 g/mol. The highest BCUT2D eigenvalue weighted by atomic mass is 35.5. The van der Waals surface area contributed by atoms with E-state index in [1.165, 1.54) is 6.42 Å². The Morgan fingerprint density at radius 3 is 2.80 bits per heavy atom. The van der Waals surface area contributed by atoms with E-state index in [-0.39, 0.29) is 6.04 Å². The second kappa shape index (κ2) is 5.55. The average Bonchev–Trinajstić information content (AvgIpc) is 2.93. The molecule has 0 spiro atoms. The first-order valence-electron chi connectivity index (χ1n) is 6.97. The van der Waals surface area contributed by atoms with Crippen molar-refractivity contribution in [3.05, 3.63) is 33.8 Å². The van der Waals surface area contributed by atoms with Crippen molar-refractivity contribution >= 4 is 29.2 Å². The van der Waals surface area contributed by atoms with E-state index in [1.807, 2.05) is 12.1 Å². The van der Waals surface area contributed by atoms with Crippen molar-refractivity contribution in [2.24, 2.45) is 11.8 Å². The fourth-order valence-electron chi connectivity index (χ4n) is 3.77. The van der Waals surface area contributed by atoms with Crippen LogP contribution in [0, 0.1) is 11.8 Å². The summed E-state index contributed by atoms with van der Waals surface area (Å²) in [6.07, 6.45) is 3.37. The molecule has 1 heterocycles. The maximum Gasteiger partial charge on any atom is 0.321 e. The Balaban J connectivity index is 1.79. The van der Waals surface area contributed by atoms with Gasteiger partial charge in [0.25, 0.3) is 0 Å². The Morgan fingerprint density at radius 2 is 2.10 bits per heavy atom. The molecule has 3 nitrogen and oxygen atoms in total. The normalized spacial score (nSPS) is 29.6. The highest BCUT2D eigenvalue weighted by molar-refractivity contribution is 6.42. The zero-order valence-corrected chi connectivity index (χ0v) is 12.6. The summed E-state index contributed by atoms with van der Waals surface area (Å²) in [5.74, 6) is 0.161. The Morgan fingerprint density at radius 1 is 1.30 bits per heavy atom. The lowest BCUT2D eigenvalue weighted by molar-refractivity contribution is -0.143. The standard InChI is InChI=1S/C15H17Cl2NO2/c16-12-5-4-9(6-13(12)17)7-18-8-10-2-1-3-11(10)14(18)15(19)20/h4-6,10-11,14H,1-3,7-8H2,(H,19,20). The van der Waals surface area contributed by atoms with Gasteiger partial charge in [-0.3, -0.25) is 9.69 Å². The monoisotopic (exact) mass is 313 g/mol. The number of nitrogens with zero attached hydrogens (tertiary/aromatic N) is 1. The number of carboxylic acid groups (broad SMARTS) is 1. The molecule has 2 fully saturated rings. The molecule has 1 N–H and O–H groups in total. The lowest BCUT2D eigenvalue weighted by Gasteiger charge is -2.24. The smallest absolute Gasteiger partial charge is 0.321 e. The van der Waals surface area contributed by atoms with Gasteiger partial charge in [-0.25, -0.2) is 0 Å². The van der Waals surface area contributed by atoms with Gasteiger partial charge in [-0.2, -0.15) is 0 Å². The first kappa shape index (κ1) is 14.2. The fraction of sp³-hybridized carbons (Fsp3) is 0.533. The number of carboxylic acids is 1. The molecule has 1 aromatic rings. The third-order valence-electron chi connectivity index (χ3n) is 4.61. The van der Waals surface area contributed by atoms with Crippen LogP contribution in [0.3, 0.4) is 0 Å². The van der Waals surface area contributed by atoms with Crippen LogP contribution in [-0.4, -0.2) is 28.6 Å². The molecule has 1 aromatic carbocycles. The van der Waals surface area contributed by atoms with E-state index in [4.69, 9.17) is 23.2 Å². The van der Waals surface area contributed by atoms with E-state index in [0.717, 1.165) is 24.9 Å². The van der Waals surface area contributed by atoms with Crippen LogP contribution in [0.5, 0.6) is 0 Å². The molecule has 5 heteroatoms. The van der Waals surface area contributed by atoms with Crippen LogP contribution < -0.4 is 0 Å². The highest BCUT2D eigenvalue weighted by Crippen LogP contribution is 2.42. The molecule has 2 aliphatic rings. The molecule has 0 radical (unpaired) electrons. The zero-order valence-electron chi connectivity index (χ0n) is 11.1. The van der Waals surface area contributed by atoms with E-state index in [0.29, 0.717) is 28.4 Å². The van der Waals surface area contributed by atoms with Crippen LogP contribution in [0.1, 0.15) is 24.8 Å². The van der Waals surface area contributed by atoms with Crippen LogP contribution in [0.4, 0.5) is 0 Å². The van der Waals surface area contributed by atoms with E-state index < -0.39 is 5.97 Å². The predicted molar refractivity (Wildman–Crippen MR) is 79.1 cm³/mol. The number of carbonyl (C=O) groups is 1. The number of benzene rings is 1. The second-order valence-electron chi connectivity index (χ2n) is 5.82. The number of hydrogen-bond donors (Lipinski definition) is 1. The van der Waals surface area contributed by atoms with Gasteiger partial charge >= 0.3 is 5.97 Å². The topological polar surface area (TPSA) is 40.5 Å². The van der Waals surface area contributed by atoms with E-state index in [2.05, 4.69) is 4.90 Å². The van der Waals surface area contributed by atoms with Crippen LogP contribution in [0.25, 0.3) is 0 Å². The Bertz CT molecular complexity index is 535. The van der Waals surface area contributed by atoms with Crippen molar-refractivity contribution in [3.63, 3.8) is 0 Å². The van der Waals surface area contributed by atoms with Gasteiger partial charge in [0, 0.05) is 13.1 Å². The van der Waals surface area contributed by atoms with Crippen LogP contribution >= 0.6 is 23.2 Å².